The molecule has 4 aromatic rings. The molecule has 0 aliphatic carbocycles. The lowest BCUT2D eigenvalue weighted by Gasteiger charge is -2.14. The van der Waals surface area contributed by atoms with Crippen molar-refractivity contribution in [1.82, 2.24) is 0 Å². The van der Waals surface area contributed by atoms with Crippen molar-refractivity contribution in [2.24, 2.45) is 0 Å². The van der Waals surface area contributed by atoms with Crippen LogP contribution in [0.2, 0.25) is 0 Å². The highest BCUT2D eigenvalue weighted by Crippen LogP contribution is 2.26. The molecule has 4 aromatic carbocycles. The Balaban J connectivity index is 0.000000257. The minimum absolute atomic E-state index is 0.0417. The average Bonchev–Trinajstić information content (AvgIpc) is 3.05. The van der Waals surface area contributed by atoms with Crippen LogP contribution in [0.4, 0.5) is 5.69 Å². The van der Waals surface area contributed by atoms with Crippen molar-refractivity contribution in [3.05, 3.63) is 125 Å². The van der Waals surface area contributed by atoms with E-state index in [0.29, 0.717) is 52.5 Å². The normalized spacial score (nSPS) is 11.0. The molecule has 0 saturated heterocycles. The van der Waals surface area contributed by atoms with Crippen LogP contribution < -0.4 is 15.2 Å². The largest absolute Gasteiger partial charge is 0.496 e. The van der Waals surface area contributed by atoms with E-state index in [0.717, 1.165) is 18.4 Å². The number of hydrogen-bond acceptors (Lipinski definition) is 7. The van der Waals surface area contributed by atoms with Crippen LogP contribution in [0.15, 0.2) is 97.1 Å². The highest BCUT2D eigenvalue weighted by molar-refractivity contribution is 9.10. The van der Waals surface area contributed by atoms with Crippen molar-refractivity contribution in [2.75, 3.05) is 26.6 Å². The van der Waals surface area contributed by atoms with Gasteiger partial charge >= 0.3 is 5.97 Å². The highest BCUT2D eigenvalue weighted by atomic mass is 79.9. The molecule has 4 rings (SSSR count). The lowest BCUT2D eigenvalue weighted by atomic mass is 9.99. The molecule has 0 aromatic heterocycles. The number of halogens is 1. The van der Waals surface area contributed by atoms with Gasteiger partial charge in [-0.2, -0.15) is 0 Å². The molecule has 0 fully saturated rings. The molecule has 0 aliphatic rings. The molecule has 1 atom stereocenters. The average molecular weight is 647 g/mol. The molecule has 8 heteroatoms. The second-order valence-electron chi connectivity index (χ2n) is 9.57. The Morgan fingerprint density at radius 3 is 1.72 bits per heavy atom. The summed E-state index contributed by atoms with van der Waals surface area (Å²) >= 11 is 3.39. The van der Waals surface area contributed by atoms with Crippen LogP contribution in [0.5, 0.6) is 11.5 Å². The number of carbonyl (C=O) groups is 3. The zero-order chi connectivity index (χ0) is 31.2. The molecule has 0 saturated carbocycles. The number of nitrogen functional groups attached to an aromatic ring is 1. The van der Waals surface area contributed by atoms with Gasteiger partial charge in [0.05, 0.1) is 26.5 Å². The van der Waals surface area contributed by atoms with E-state index in [1.807, 2.05) is 43.3 Å². The summed E-state index contributed by atoms with van der Waals surface area (Å²) in [7, 11) is 3.12. The van der Waals surface area contributed by atoms with Gasteiger partial charge in [-0.1, -0.05) is 89.9 Å². The summed E-state index contributed by atoms with van der Waals surface area (Å²) in [5, 5.41) is 0. The first kappa shape index (κ1) is 33.1. The molecule has 0 aliphatic heterocycles. The van der Waals surface area contributed by atoms with E-state index in [4.69, 9.17) is 19.9 Å². The standard InChI is InChI=1S/C21H23BrO4.C14H13NO2/c1-3-4-12-26-21(24)18(22)14-17-13-16(10-11-19(17)25-2)20(23)15-8-6-5-7-9-15;1-17-13-8-7-11(9-12(13)15)14(16)10-5-3-2-4-6-10/h5-11,13,18H,3-4,12,14H2,1-2H3;2-9H,15H2,1H3. The third-order valence-corrected chi connectivity index (χ3v) is 7.20. The number of nitrogens with two attached hydrogens (primary N) is 1. The number of ether oxygens (including phenoxy) is 3. The zero-order valence-electron chi connectivity index (χ0n) is 24.5. The van der Waals surface area contributed by atoms with E-state index in [2.05, 4.69) is 15.9 Å². The molecule has 0 bridgehead atoms. The van der Waals surface area contributed by atoms with Gasteiger partial charge in [0.2, 0.25) is 0 Å². The van der Waals surface area contributed by atoms with Crippen LogP contribution in [-0.2, 0) is 16.0 Å². The van der Waals surface area contributed by atoms with E-state index in [1.165, 1.54) is 0 Å². The fourth-order valence-corrected chi connectivity index (χ4v) is 4.63. The number of esters is 1. The Bertz CT molecular complexity index is 1510. The minimum Gasteiger partial charge on any atom is -0.496 e. The second kappa shape index (κ2) is 16.9. The molecule has 1 unspecified atom stereocenters. The lowest BCUT2D eigenvalue weighted by Crippen LogP contribution is -2.20. The predicted molar refractivity (Wildman–Crippen MR) is 172 cm³/mol. The topological polar surface area (TPSA) is 105 Å². The molecule has 7 nitrogen and oxygen atoms in total. The van der Waals surface area contributed by atoms with Crippen molar-refractivity contribution >= 4 is 39.2 Å². The molecule has 224 valence electrons. The first-order valence-corrected chi connectivity index (χ1v) is 14.8. The van der Waals surface area contributed by atoms with Gasteiger partial charge < -0.3 is 19.9 Å². The Kier molecular flexibility index (Phi) is 13.0. The number of ketones is 2. The van der Waals surface area contributed by atoms with Crippen molar-refractivity contribution in [1.29, 1.82) is 0 Å². The van der Waals surface area contributed by atoms with Crippen LogP contribution in [-0.4, -0.2) is 43.2 Å². The van der Waals surface area contributed by atoms with Gasteiger partial charge in [-0.3, -0.25) is 14.4 Å². The van der Waals surface area contributed by atoms with Crippen molar-refractivity contribution in [3.8, 4) is 11.5 Å². The van der Waals surface area contributed by atoms with Crippen LogP contribution in [0, 0.1) is 0 Å². The fourth-order valence-electron chi connectivity index (χ4n) is 4.15. The predicted octanol–water partition coefficient (Wildman–Crippen LogP) is 7.08. The Morgan fingerprint density at radius 2 is 1.23 bits per heavy atom. The first-order valence-electron chi connectivity index (χ1n) is 13.9. The number of rotatable bonds is 12. The van der Waals surface area contributed by atoms with Crippen LogP contribution >= 0.6 is 15.9 Å². The molecule has 0 amide bonds. The number of alkyl halides is 1. The van der Waals surface area contributed by atoms with Gasteiger partial charge in [0.15, 0.2) is 11.6 Å². The smallest absolute Gasteiger partial charge is 0.320 e. The second-order valence-corrected chi connectivity index (χ2v) is 10.7. The first-order chi connectivity index (χ1) is 20.8. The SMILES string of the molecule is CCCCOC(=O)C(Br)Cc1cc(C(=O)c2ccccc2)ccc1OC.COc1ccc(C(=O)c2ccccc2)cc1N. The number of unbranched alkanes of at least 4 members (excludes halogenated alkanes) is 1. The summed E-state index contributed by atoms with van der Waals surface area (Å²) in [6.45, 7) is 2.46. The molecule has 0 heterocycles. The summed E-state index contributed by atoms with van der Waals surface area (Å²) < 4.78 is 15.7. The summed E-state index contributed by atoms with van der Waals surface area (Å²) in [6, 6.07) is 28.5. The molecule has 43 heavy (non-hydrogen) atoms. The summed E-state index contributed by atoms with van der Waals surface area (Å²) in [5.74, 6) is 0.807. The Hall–Kier alpha value is -4.43. The van der Waals surface area contributed by atoms with Crippen LogP contribution in [0.1, 0.15) is 57.2 Å². The number of carbonyl (C=O) groups excluding carboxylic acids is 3. The Morgan fingerprint density at radius 1 is 0.721 bits per heavy atom. The zero-order valence-corrected chi connectivity index (χ0v) is 26.1. The third-order valence-electron chi connectivity index (χ3n) is 6.50. The monoisotopic (exact) mass is 645 g/mol. The summed E-state index contributed by atoms with van der Waals surface area (Å²) in [6.07, 6.45) is 2.19. The lowest BCUT2D eigenvalue weighted by molar-refractivity contribution is -0.142. The molecular weight excluding hydrogens is 610 g/mol. The van der Waals surface area contributed by atoms with E-state index in [-0.39, 0.29) is 17.5 Å². The van der Waals surface area contributed by atoms with Gasteiger partial charge in [-0.15, -0.1) is 0 Å². The van der Waals surface area contributed by atoms with Gasteiger partial charge in [0, 0.05) is 22.3 Å². The van der Waals surface area contributed by atoms with E-state index in [1.54, 1.807) is 74.9 Å². The Labute approximate surface area is 261 Å². The van der Waals surface area contributed by atoms with E-state index >= 15 is 0 Å². The molecule has 2 N–H and O–H groups in total. The molecular formula is C35H36BrNO6. The minimum atomic E-state index is -0.490. The number of hydrogen-bond donors (Lipinski definition) is 1. The number of anilines is 1. The van der Waals surface area contributed by atoms with Crippen molar-refractivity contribution < 1.29 is 28.6 Å². The van der Waals surface area contributed by atoms with Gasteiger partial charge in [0.25, 0.3) is 0 Å². The summed E-state index contributed by atoms with van der Waals surface area (Å²) in [5.41, 5.74) is 9.42. The molecule has 0 radical (unpaired) electrons. The number of benzene rings is 4. The van der Waals surface area contributed by atoms with E-state index in [9.17, 15) is 14.4 Å². The maximum absolute atomic E-state index is 12.6. The fraction of sp³-hybridized carbons (Fsp3) is 0.229. The maximum atomic E-state index is 12.6. The van der Waals surface area contributed by atoms with Gasteiger partial charge in [-0.05, 0) is 54.8 Å². The maximum Gasteiger partial charge on any atom is 0.320 e. The van der Waals surface area contributed by atoms with Crippen molar-refractivity contribution in [3.63, 3.8) is 0 Å². The number of methoxy groups -OCH3 is 2. The van der Waals surface area contributed by atoms with Crippen LogP contribution in [0.25, 0.3) is 0 Å². The van der Waals surface area contributed by atoms with Crippen molar-refractivity contribution in [2.45, 2.75) is 31.0 Å². The van der Waals surface area contributed by atoms with E-state index < -0.39 is 4.83 Å². The molecule has 0 spiro atoms. The summed E-state index contributed by atoms with van der Waals surface area (Å²) in [4.78, 5) is 36.3. The van der Waals surface area contributed by atoms with Gasteiger partial charge in [-0.25, -0.2) is 0 Å². The quantitative estimate of drug-likeness (QED) is 0.0577. The third kappa shape index (κ3) is 9.54. The van der Waals surface area contributed by atoms with Crippen LogP contribution in [0.3, 0.4) is 0 Å². The highest BCUT2D eigenvalue weighted by Gasteiger charge is 2.20. The van der Waals surface area contributed by atoms with Gasteiger partial charge in [0.1, 0.15) is 16.3 Å².